The van der Waals surface area contributed by atoms with Crippen molar-refractivity contribution in [2.75, 3.05) is 0 Å². The zero-order valence-electron chi connectivity index (χ0n) is 8.64. The summed E-state index contributed by atoms with van der Waals surface area (Å²) in [7, 11) is 0. The molecule has 0 N–H and O–H groups in total. The molecular weight excluding hydrogens is 240 g/mol. The van der Waals surface area contributed by atoms with Crippen LogP contribution in [0.15, 0.2) is 35.8 Å². The molecule has 0 saturated heterocycles. The van der Waals surface area contributed by atoms with E-state index in [1.54, 1.807) is 11.3 Å². The number of aromatic nitrogens is 2. The van der Waals surface area contributed by atoms with Gasteiger partial charge in [0.2, 0.25) is 0 Å². The van der Waals surface area contributed by atoms with Crippen molar-refractivity contribution in [1.29, 1.82) is 0 Å². The molecule has 16 heavy (non-hydrogen) atoms. The van der Waals surface area contributed by atoms with Gasteiger partial charge >= 0.3 is 0 Å². The van der Waals surface area contributed by atoms with Crippen molar-refractivity contribution in [2.45, 2.75) is 6.92 Å². The van der Waals surface area contributed by atoms with E-state index in [2.05, 4.69) is 11.1 Å². The largest absolute Gasteiger partial charge is 0.297 e. The van der Waals surface area contributed by atoms with Crippen molar-refractivity contribution in [3.63, 3.8) is 0 Å². The number of nitrogens with zero attached hydrogens (tertiary/aromatic N) is 2. The van der Waals surface area contributed by atoms with Gasteiger partial charge in [-0.25, -0.2) is 4.98 Å². The molecule has 0 aliphatic heterocycles. The predicted octanol–water partition coefficient (Wildman–Crippen LogP) is 4.02. The second-order valence-corrected chi connectivity index (χ2v) is 4.92. The van der Waals surface area contributed by atoms with Crippen LogP contribution in [0.25, 0.3) is 16.2 Å². The fourth-order valence-corrected chi connectivity index (χ4v) is 2.87. The maximum atomic E-state index is 6.17. The highest BCUT2D eigenvalue weighted by Crippen LogP contribution is 2.29. The van der Waals surface area contributed by atoms with Crippen molar-refractivity contribution < 1.29 is 0 Å². The third-order valence-electron chi connectivity index (χ3n) is 2.57. The molecular formula is C12H9ClN2S. The predicted molar refractivity (Wildman–Crippen MR) is 68.3 cm³/mol. The Kier molecular flexibility index (Phi) is 2.23. The number of pyridine rings is 1. The first kappa shape index (κ1) is 9.87. The van der Waals surface area contributed by atoms with Gasteiger partial charge in [-0.2, -0.15) is 0 Å². The molecule has 0 unspecified atom stereocenters. The maximum Gasteiger partial charge on any atom is 0.156 e. The van der Waals surface area contributed by atoms with E-state index in [0.29, 0.717) is 5.15 Å². The molecule has 3 rings (SSSR count). The Morgan fingerprint density at radius 3 is 2.94 bits per heavy atom. The standard InChI is InChI=1S/C12H9ClN2S/c1-8-4-2-6-15-10(8)11(13)14-12(15)9-5-3-7-16-9/h2-7H,1H3. The lowest BCUT2D eigenvalue weighted by atomic mass is 10.2. The van der Waals surface area contributed by atoms with Crippen LogP contribution in [-0.2, 0) is 0 Å². The summed E-state index contributed by atoms with van der Waals surface area (Å²) in [4.78, 5) is 5.56. The third-order valence-corrected chi connectivity index (χ3v) is 3.69. The monoisotopic (exact) mass is 248 g/mol. The van der Waals surface area contributed by atoms with Crippen LogP contribution in [0.5, 0.6) is 0 Å². The Morgan fingerprint density at radius 1 is 1.31 bits per heavy atom. The van der Waals surface area contributed by atoms with Gasteiger partial charge in [0.25, 0.3) is 0 Å². The van der Waals surface area contributed by atoms with Gasteiger partial charge in [-0.15, -0.1) is 11.3 Å². The molecule has 0 spiro atoms. The SMILES string of the molecule is Cc1cccn2c(-c3cccs3)nc(Cl)c12. The average molecular weight is 249 g/mol. The fourth-order valence-electron chi connectivity index (χ4n) is 1.83. The second-order valence-electron chi connectivity index (χ2n) is 3.61. The molecule has 0 aromatic carbocycles. The third kappa shape index (κ3) is 1.36. The van der Waals surface area contributed by atoms with Gasteiger partial charge in [0.1, 0.15) is 0 Å². The number of thiophene rings is 1. The number of hydrogen-bond donors (Lipinski definition) is 0. The van der Waals surface area contributed by atoms with Crippen LogP contribution < -0.4 is 0 Å². The summed E-state index contributed by atoms with van der Waals surface area (Å²) in [6, 6.07) is 8.13. The Labute approximate surface area is 102 Å². The minimum atomic E-state index is 0.571. The van der Waals surface area contributed by atoms with Crippen LogP contribution in [0.1, 0.15) is 5.56 Å². The molecule has 0 saturated carbocycles. The number of hydrogen-bond acceptors (Lipinski definition) is 2. The van der Waals surface area contributed by atoms with Gasteiger partial charge in [-0.05, 0) is 30.0 Å². The minimum Gasteiger partial charge on any atom is -0.297 e. The normalized spacial score (nSPS) is 11.1. The lowest BCUT2D eigenvalue weighted by Gasteiger charge is -2.00. The molecule has 3 heterocycles. The van der Waals surface area contributed by atoms with E-state index in [0.717, 1.165) is 21.8 Å². The van der Waals surface area contributed by atoms with E-state index in [1.165, 1.54) is 0 Å². The summed E-state index contributed by atoms with van der Waals surface area (Å²) in [5.41, 5.74) is 2.13. The lowest BCUT2D eigenvalue weighted by molar-refractivity contribution is 1.16. The van der Waals surface area contributed by atoms with Crippen molar-refractivity contribution in [2.24, 2.45) is 0 Å². The van der Waals surface area contributed by atoms with E-state index in [4.69, 9.17) is 11.6 Å². The van der Waals surface area contributed by atoms with Gasteiger partial charge in [0, 0.05) is 6.20 Å². The molecule has 0 radical (unpaired) electrons. The Morgan fingerprint density at radius 2 is 2.19 bits per heavy atom. The summed E-state index contributed by atoms with van der Waals surface area (Å²) in [6.07, 6.45) is 2.00. The second kappa shape index (κ2) is 3.61. The number of rotatable bonds is 1. The summed E-state index contributed by atoms with van der Waals surface area (Å²) >= 11 is 7.84. The quantitative estimate of drug-likeness (QED) is 0.636. The first-order valence-electron chi connectivity index (χ1n) is 4.94. The fraction of sp³-hybridized carbons (Fsp3) is 0.0833. The van der Waals surface area contributed by atoms with Crippen LogP contribution in [0.4, 0.5) is 0 Å². The van der Waals surface area contributed by atoms with Crippen LogP contribution in [0.2, 0.25) is 5.15 Å². The summed E-state index contributed by atoms with van der Waals surface area (Å²) < 4.78 is 2.05. The molecule has 3 aromatic rings. The lowest BCUT2D eigenvalue weighted by Crippen LogP contribution is -1.88. The maximum absolute atomic E-state index is 6.17. The van der Waals surface area contributed by atoms with E-state index in [9.17, 15) is 0 Å². The molecule has 0 atom stereocenters. The van der Waals surface area contributed by atoms with E-state index >= 15 is 0 Å². The van der Waals surface area contributed by atoms with Gasteiger partial charge in [0.15, 0.2) is 11.0 Å². The molecule has 80 valence electrons. The van der Waals surface area contributed by atoms with Gasteiger partial charge in [0.05, 0.1) is 10.4 Å². The van der Waals surface area contributed by atoms with E-state index in [1.807, 2.05) is 41.1 Å². The Hall–Kier alpha value is -1.32. The molecule has 0 aliphatic rings. The van der Waals surface area contributed by atoms with Gasteiger partial charge < -0.3 is 0 Å². The Bertz CT molecular complexity index is 640. The smallest absolute Gasteiger partial charge is 0.156 e. The highest BCUT2D eigenvalue weighted by atomic mass is 35.5. The average Bonchev–Trinajstić information content (AvgIpc) is 2.86. The van der Waals surface area contributed by atoms with Crippen molar-refractivity contribution in [3.8, 4) is 10.7 Å². The number of halogens is 1. The summed E-state index contributed by atoms with van der Waals surface area (Å²) in [5, 5.41) is 2.61. The van der Waals surface area contributed by atoms with E-state index < -0.39 is 0 Å². The molecule has 2 nitrogen and oxygen atoms in total. The molecule has 0 aliphatic carbocycles. The van der Waals surface area contributed by atoms with Gasteiger partial charge in [-0.1, -0.05) is 23.7 Å². The van der Waals surface area contributed by atoms with Crippen molar-refractivity contribution in [1.82, 2.24) is 9.38 Å². The zero-order valence-corrected chi connectivity index (χ0v) is 10.2. The number of fused-ring (bicyclic) bond motifs is 1. The van der Waals surface area contributed by atoms with Gasteiger partial charge in [-0.3, -0.25) is 4.40 Å². The van der Waals surface area contributed by atoms with Crippen LogP contribution in [0.3, 0.4) is 0 Å². The number of imidazole rings is 1. The first-order chi connectivity index (χ1) is 7.77. The van der Waals surface area contributed by atoms with Crippen molar-refractivity contribution in [3.05, 3.63) is 46.6 Å². The van der Waals surface area contributed by atoms with Crippen LogP contribution in [-0.4, -0.2) is 9.38 Å². The molecule has 4 heteroatoms. The van der Waals surface area contributed by atoms with E-state index in [-0.39, 0.29) is 0 Å². The number of aryl methyl sites for hydroxylation is 1. The molecule has 0 fully saturated rings. The first-order valence-corrected chi connectivity index (χ1v) is 6.20. The minimum absolute atomic E-state index is 0.571. The zero-order chi connectivity index (χ0) is 11.1. The topological polar surface area (TPSA) is 17.3 Å². The highest BCUT2D eigenvalue weighted by molar-refractivity contribution is 7.13. The highest BCUT2D eigenvalue weighted by Gasteiger charge is 2.12. The molecule has 0 amide bonds. The molecule has 0 bridgehead atoms. The van der Waals surface area contributed by atoms with Crippen molar-refractivity contribution >= 4 is 28.5 Å². The van der Waals surface area contributed by atoms with Crippen LogP contribution >= 0.6 is 22.9 Å². The summed E-state index contributed by atoms with van der Waals surface area (Å²) in [5.74, 6) is 0.915. The molecule has 3 aromatic heterocycles. The van der Waals surface area contributed by atoms with Crippen LogP contribution in [0, 0.1) is 6.92 Å². The summed E-state index contributed by atoms with van der Waals surface area (Å²) in [6.45, 7) is 2.04. The Balaban J connectivity index is 2.40.